The second-order valence-electron chi connectivity index (χ2n) is 9.59. The van der Waals surface area contributed by atoms with Gasteiger partial charge in [0.15, 0.2) is 10.6 Å². The normalized spacial score (nSPS) is 15.8. The third kappa shape index (κ3) is 8.59. The van der Waals surface area contributed by atoms with Gasteiger partial charge in [-0.25, -0.2) is 9.78 Å². The smallest absolute Gasteiger partial charge is 0.339 e. The largest absolute Gasteiger partial charge is 0.612 e. The van der Waals surface area contributed by atoms with Crippen molar-refractivity contribution in [2.75, 3.05) is 44.0 Å². The van der Waals surface area contributed by atoms with Crippen LogP contribution in [0.1, 0.15) is 35.7 Å². The van der Waals surface area contributed by atoms with Crippen molar-refractivity contribution >= 4 is 23.0 Å². The summed E-state index contributed by atoms with van der Waals surface area (Å²) in [7, 11) is 0. The van der Waals surface area contributed by atoms with E-state index < -0.39 is 17.3 Å². The second-order valence-corrected chi connectivity index (χ2v) is 10.9. The number of pyridine rings is 1. The molecule has 214 valence electrons. The number of fused-ring (bicyclic) bond motifs is 3. The highest BCUT2D eigenvalue weighted by atomic mass is 32.2. The molecule has 2 N–H and O–H groups in total. The van der Waals surface area contributed by atoms with E-state index in [1.54, 1.807) is 37.6 Å². The minimum Gasteiger partial charge on any atom is -0.612 e. The molecule has 9 nitrogen and oxygen atoms in total. The van der Waals surface area contributed by atoms with Gasteiger partial charge in [-0.15, -0.1) is 0 Å². The maximum atomic E-state index is 11.8. The summed E-state index contributed by atoms with van der Waals surface area (Å²) in [5.41, 5.74) is 1.72. The minimum absolute atomic E-state index is 0.136. The van der Waals surface area contributed by atoms with E-state index >= 15 is 0 Å². The lowest BCUT2D eigenvalue weighted by Crippen LogP contribution is -2.45. The fraction of sp³-hybridized carbons (Fsp3) is 0.400. The van der Waals surface area contributed by atoms with Crippen LogP contribution in [-0.4, -0.2) is 71.9 Å². The van der Waals surface area contributed by atoms with Gasteiger partial charge in [0, 0.05) is 31.9 Å². The lowest BCUT2D eigenvalue weighted by molar-refractivity contribution is 0.0526. The Bertz CT molecular complexity index is 1180. The van der Waals surface area contributed by atoms with Crippen LogP contribution in [0.25, 0.3) is 0 Å². The number of nitrogens with one attached hydrogen (secondary N) is 1. The lowest BCUT2D eigenvalue weighted by Gasteiger charge is -2.33. The first-order valence-corrected chi connectivity index (χ1v) is 15.0. The number of esters is 1. The molecule has 0 aliphatic carbocycles. The van der Waals surface area contributed by atoms with Gasteiger partial charge >= 0.3 is 5.97 Å². The molecule has 1 saturated heterocycles. The van der Waals surface area contributed by atoms with E-state index in [0.29, 0.717) is 35.4 Å². The number of aliphatic hydroxyl groups excluding tert-OH is 1. The van der Waals surface area contributed by atoms with Gasteiger partial charge < -0.3 is 34.1 Å². The van der Waals surface area contributed by atoms with Crippen LogP contribution in [0.5, 0.6) is 11.5 Å². The van der Waals surface area contributed by atoms with E-state index in [2.05, 4.69) is 27.3 Å². The molecule has 10 heteroatoms. The number of aromatic nitrogens is 1. The first kappa shape index (κ1) is 29.7. The molecule has 6 rings (SSSR count). The number of carbonyl (C=O) groups is 1. The number of hydrogen-bond donors (Lipinski definition) is 2. The molecule has 0 amide bonds. The zero-order valence-corrected chi connectivity index (χ0v) is 23.8. The molecule has 2 aromatic carbocycles. The van der Waals surface area contributed by atoms with Crippen molar-refractivity contribution in [1.29, 1.82) is 0 Å². The zero-order valence-electron chi connectivity index (χ0n) is 23.0. The number of rotatable bonds is 10. The van der Waals surface area contributed by atoms with Crippen LogP contribution in [0.2, 0.25) is 0 Å². The van der Waals surface area contributed by atoms with Crippen molar-refractivity contribution < 1.29 is 28.7 Å². The van der Waals surface area contributed by atoms with Crippen molar-refractivity contribution in [3.8, 4) is 11.5 Å². The summed E-state index contributed by atoms with van der Waals surface area (Å²) in [6.07, 6.45) is 4.35. The number of aliphatic hydroxyl groups is 1. The van der Waals surface area contributed by atoms with Gasteiger partial charge in [0.25, 0.3) is 0 Å². The molecule has 40 heavy (non-hydrogen) atoms. The van der Waals surface area contributed by atoms with Crippen molar-refractivity contribution in [3.05, 3.63) is 78.0 Å². The van der Waals surface area contributed by atoms with Crippen LogP contribution in [-0.2, 0) is 22.5 Å². The molecular formula is C30H37N3O6S. The molecule has 2 atom stereocenters. The van der Waals surface area contributed by atoms with Gasteiger partial charge in [0.2, 0.25) is 0 Å². The van der Waals surface area contributed by atoms with E-state index in [0.717, 1.165) is 44.1 Å². The Hall–Kier alpha value is -3.31. The lowest BCUT2D eigenvalue weighted by atomic mass is 10.0. The molecule has 3 aliphatic heterocycles. The summed E-state index contributed by atoms with van der Waals surface area (Å²) in [5, 5.41) is 13.7. The monoisotopic (exact) mass is 567 g/mol. The number of benzene rings is 2. The van der Waals surface area contributed by atoms with Crippen molar-refractivity contribution in [3.63, 3.8) is 0 Å². The van der Waals surface area contributed by atoms with Crippen LogP contribution in [0, 0.1) is 0 Å². The highest BCUT2D eigenvalue weighted by molar-refractivity contribution is 7.90. The first-order valence-electron chi connectivity index (χ1n) is 13.5. The summed E-state index contributed by atoms with van der Waals surface area (Å²) in [5.74, 6) is 2.02. The Kier molecular flexibility index (Phi) is 11.1. The van der Waals surface area contributed by atoms with E-state index in [1.165, 1.54) is 5.56 Å². The molecule has 0 radical (unpaired) electrons. The molecule has 0 spiro atoms. The van der Waals surface area contributed by atoms with Crippen molar-refractivity contribution in [2.24, 2.45) is 0 Å². The van der Waals surface area contributed by atoms with Gasteiger partial charge in [-0.3, -0.25) is 0 Å². The molecule has 3 aliphatic rings. The second kappa shape index (κ2) is 14.9. The third-order valence-corrected chi connectivity index (χ3v) is 7.60. The molecule has 1 aromatic heterocycles. The molecule has 0 saturated carbocycles. The number of ether oxygens (including phenoxy) is 3. The number of piperidine rings is 1. The molecule has 3 aromatic rings. The summed E-state index contributed by atoms with van der Waals surface area (Å²) in [4.78, 5) is 19.0. The van der Waals surface area contributed by atoms with E-state index in [4.69, 9.17) is 14.2 Å². The Morgan fingerprint density at radius 3 is 2.48 bits per heavy atom. The fourth-order valence-electron chi connectivity index (χ4n) is 4.42. The zero-order chi connectivity index (χ0) is 28.3. The van der Waals surface area contributed by atoms with Crippen molar-refractivity contribution in [1.82, 2.24) is 10.3 Å². The van der Waals surface area contributed by atoms with Crippen molar-refractivity contribution in [2.45, 2.75) is 43.4 Å². The van der Waals surface area contributed by atoms with Crippen LogP contribution >= 0.6 is 0 Å². The van der Waals surface area contributed by atoms with Crippen LogP contribution in [0.3, 0.4) is 0 Å². The third-order valence-electron chi connectivity index (χ3n) is 6.64. The number of anilines is 1. The predicted molar refractivity (Wildman–Crippen MR) is 154 cm³/mol. The summed E-state index contributed by atoms with van der Waals surface area (Å²) in [6, 6.07) is 19.2. The molecular weight excluding hydrogens is 530 g/mol. The average molecular weight is 568 g/mol. The highest BCUT2D eigenvalue weighted by Crippen LogP contribution is 2.23. The van der Waals surface area contributed by atoms with Crippen LogP contribution < -0.4 is 19.7 Å². The highest BCUT2D eigenvalue weighted by Gasteiger charge is 2.21. The topological polar surface area (TPSA) is 116 Å². The fourth-order valence-corrected chi connectivity index (χ4v) is 5.10. The predicted octanol–water partition coefficient (Wildman–Crippen LogP) is 3.57. The van der Waals surface area contributed by atoms with E-state index in [9.17, 15) is 14.5 Å². The maximum Gasteiger partial charge on any atom is 0.339 e. The Balaban J connectivity index is 0.000000390. The Morgan fingerprint density at radius 1 is 1.18 bits per heavy atom. The van der Waals surface area contributed by atoms with E-state index in [1.807, 2.05) is 30.3 Å². The molecule has 1 fully saturated rings. The van der Waals surface area contributed by atoms with Crippen LogP contribution in [0.4, 0.5) is 5.82 Å². The van der Waals surface area contributed by atoms with E-state index in [-0.39, 0.29) is 12.6 Å². The summed E-state index contributed by atoms with van der Waals surface area (Å²) >= 11 is -1.14. The van der Waals surface area contributed by atoms with Crippen LogP contribution in [0.15, 0.2) is 71.8 Å². The van der Waals surface area contributed by atoms with Gasteiger partial charge in [-0.1, -0.05) is 24.3 Å². The molecule has 4 heterocycles. The van der Waals surface area contributed by atoms with Gasteiger partial charge in [-0.05, 0) is 72.9 Å². The molecule has 2 bridgehead atoms. The summed E-state index contributed by atoms with van der Waals surface area (Å²) in [6.45, 7) is 5.12. The van der Waals surface area contributed by atoms with Gasteiger partial charge in [-0.2, -0.15) is 0 Å². The molecule has 2 unspecified atom stereocenters. The number of nitrogens with zero attached hydrogens (tertiary/aromatic N) is 2. The Morgan fingerprint density at radius 2 is 1.93 bits per heavy atom. The number of hydrogen-bond acceptors (Lipinski definition) is 9. The number of para-hydroxylation sites is 1. The SMILES string of the molecule is CCOC(=O)c1ccc(N2CCC(NCC(O)COc3ccccc3[S+](C)[O-])CC2)nc1.c1cc2ccc1CO2. The standard InChI is InChI=1S/C23H31N3O5S.C7H6O/c1-3-30-23(28)17-8-9-22(25-14-17)26-12-10-18(11-13-26)24-15-19(27)16-31-20-6-4-5-7-21(20)32(2)29;1-3-7-4-2-6(1)5-8-7/h4-9,14,18-19,24,27H,3,10-13,15-16H2,1-2H3;1-4H,5H2. The number of carbonyl (C=O) groups excluding carboxylic acids is 1. The minimum atomic E-state index is -1.14. The van der Waals surface area contributed by atoms with Gasteiger partial charge in [0.05, 0.1) is 12.2 Å². The van der Waals surface area contributed by atoms with Gasteiger partial charge in [0.1, 0.15) is 37.1 Å². The summed E-state index contributed by atoms with van der Waals surface area (Å²) < 4.78 is 27.6. The average Bonchev–Trinajstić information content (AvgIpc) is 3.01. The first-order chi connectivity index (χ1) is 19.4. The quantitative estimate of drug-likeness (QED) is 0.280. The maximum absolute atomic E-state index is 11.8. The Labute approximate surface area is 238 Å².